The minimum atomic E-state index is -1.07. The lowest BCUT2D eigenvalue weighted by atomic mass is 10.2. The van der Waals surface area contributed by atoms with Crippen LogP contribution >= 0.6 is 0 Å². The van der Waals surface area contributed by atoms with Gasteiger partial charge in [-0.3, -0.25) is 0 Å². The van der Waals surface area contributed by atoms with Crippen LogP contribution in [0.4, 0.5) is 0 Å². The molecule has 0 unspecified atom stereocenters. The van der Waals surface area contributed by atoms with E-state index in [2.05, 4.69) is 39.2 Å². The van der Waals surface area contributed by atoms with Crippen molar-refractivity contribution in [2.24, 2.45) is 0 Å². The smallest absolute Gasteiger partial charge is 0.0724 e. The highest BCUT2D eigenvalue weighted by molar-refractivity contribution is 6.83. The molecule has 0 rings (SSSR count). The third-order valence-corrected chi connectivity index (χ3v) is 4.61. The molecule has 0 aliphatic carbocycles. The van der Waals surface area contributed by atoms with E-state index in [0.717, 1.165) is 6.42 Å². The summed E-state index contributed by atoms with van der Waals surface area (Å²) in [5.41, 5.74) is 0. The van der Waals surface area contributed by atoms with Crippen LogP contribution < -0.4 is 0 Å². The Morgan fingerprint density at radius 1 is 1.31 bits per heavy atom. The van der Waals surface area contributed by atoms with Gasteiger partial charge in [0.25, 0.3) is 0 Å². The summed E-state index contributed by atoms with van der Waals surface area (Å²) in [6.07, 6.45) is 9.46. The molecule has 76 valence electrons. The fraction of sp³-hybridized carbons (Fsp3) is 0.667. The molecule has 0 fully saturated rings. The van der Waals surface area contributed by atoms with Gasteiger partial charge in [-0.15, -0.1) is 6.58 Å². The summed E-state index contributed by atoms with van der Waals surface area (Å²) in [6, 6.07) is 0. The number of rotatable bonds is 6. The van der Waals surface area contributed by atoms with Crippen LogP contribution in [0.5, 0.6) is 0 Å². The van der Waals surface area contributed by atoms with E-state index < -0.39 is 8.07 Å². The normalized spacial score (nSPS) is 13.1. The summed E-state index contributed by atoms with van der Waals surface area (Å²) >= 11 is 0. The highest BCUT2D eigenvalue weighted by Gasteiger charge is 2.17. The number of hydrogen-bond donors (Lipinski definition) is 0. The molecule has 0 aliphatic rings. The van der Waals surface area contributed by atoms with Crippen LogP contribution in [-0.4, -0.2) is 8.07 Å². The van der Waals surface area contributed by atoms with Crippen molar-refractivity contribution < 1.29 is 0 Å². The summed E-state index contributed by atoms with van der Waals surface area (Å²) in [5, 5.41) is 1.66. The van der Waals surface area contributed by atoms with Gasteiger partial charge in [-0.25, -0.2) is 0 Å². The fourth-order valence-corrected chi connectivity index (χ4v) is 2.85. The first kappa shape index (κ1) is 12.7. The molecule has 0 aromatic heterocycles. The van der Waals surface area contributed by atoms with Crippen molar-refractivity contribution in [2.45, 2.75) is 52.2 Å². The third-order valence-electron chi connectivity index (χ3n) is 2.28. The lowest BCUT2D eigenvalue weighted by molar-refractivity contribution is 0.811. The van der Waals surface area contributed by atoms with Crippen LogP contribution in [-0.2, 0) is 0 Å². The third kappa shape index (κ3) is 5.86. The van der Waals surface area contributed by atoms with Crippen molar-refractivity contribution in [3.05, 3.63) is 23.9 Å². The van der Waals surface area contributed by atoms with E-state index in [1.807, 2.05) is 6.08 Å². The van der Waals surface area contributed by atoms with Gasteiger partial charge in [0.1, 0.15) is 0 Å². The summed E-state index contributed by atoms with van der Waals surface area (Å²) < 4.78 is 0. The maximum atomic E-state index is 3.82. The predicted molar refractivity (Wildman–Crippen MR) is 65.8 cm³/mol. The second-order valence-electron chi connectivity index (χ2n) is 4.61. The Kier molecular flexibility index (Phi) is 6.05. The van der Waals surface area contributed by atoms with Crippen molar-refractivity contribution in [3.8, 4) is 0 Å². The molecular weight excluding hydrogens is 172 g/mol. The van der Waals surface area contributed by atoms with Gasteiger partial charge in [-0.05, 0) is 12.8 Å². The highest BCUT2D eigenvalue weighted by Crippen LogP contribution is 2.19. The quantitative estimate of drug-likeness (QED) is 0.332. The first-order chi connectivity index (χ1) is 6.02. The number of unbranched alkanes of at least 4 members (excludes halogenated alkanes) is 2. The average Bonchev–Trinajstić information content (AvgIpc) is 2.01. The Labute approximate surface area is 84.8 Å². The van der Waals surface area contributed by atoms with Gasteiger partial charge in [-0.2, -0.15) is 0 Å². The molecule has 0 nitrogen and oxygen atoms in total. The summed E-state index contributed by atoms with van der Waals surface area (Å²) in [6.45, 7) is 13.3. The van der Waals surface area contributed by atoms with Crippen LogP contribution in [0.15, 0.2) is 23.9 Å². The zero-order valence-corrected chi connectivity index (χ0v) is 10.7. The second kappa shape index (κ2) is 6.20. The molecule has 0 aromatic rings. The van der Waals surface area contributed by atoms with Gasteiger partial charge in [0.15, 0.2) is 0 Å². The van der Waals surface area contributed by atoms with E-state index in [-0.39, 0.29) is 0 Å². The average molecular weight is 196 g/mol. The van der Waals surface area contributed by atoms with Crippen molar-refractivity contribution in [1.82, 2.24) is 0 Å². The molecule has 0 saturated carbocycles. The van der Waals surface area contributed by atoms with Crippen LogP contribution in [0.2, 0.25) is 19.6 Å². The monoisotopic (exact) mass is 196 g/mol. The van der Waals surface area contributed by atoms with Gasteiger partial charge >= 0.3 is 0 Å². The molecule has 0 aromatic carbocycles. The molecule has 0 saturated heterocycles. The van der Waals surface area contributed by atoms with Crippen molar-refractivity contribution in [2.75, 3.05) is 0 Å². The molecule has 0 radical (unpaired) electrons. The van der Waals surface area contributed by atoms with Gasteiger partial charge in [-0.1, -0.05) is 56.8 Å². The molecular formula is C12H24Si. The number of hydrogen-bond acceptors (Lipinski definition) is 0. The van der Waals surface area contributed by atoms with Crippen LogP contribution in [0.25, 0.3) is 0 Å². The lowest BCUT2D eigenvalue weighted by Gasteiger charge is -2.20. The Balaban J connectivity index is 4.23. The summed E-state index contributed by atoms with van der Waals surface area (Å²) in [4.78, 5) is 0. The van der Waals surface area contributed by atoms with E-state index >= 15 is 0 Å². The molecule has 0 aliphatic heterocycles. The SMILES string of the molecule is C=CC/C(=C/CCCC)[Si](C)(C)C. The zero-order chi connectivity index (χ0) is 10.3. The van der Waals surface area contributed by atoms with E-state index in [0.29, 0.717) is 0 Å². The Hall–Kier alpha value is -0.303. The highest BCUT2D eigenvalue weighted by atomic mass is 28.3. The van der Waals surface area contributed by atoms with Crippen molar-refractivity contribution in [1.29, 1.82) is 0 Å². The first-order valence-corrected chi connectivity index (χ1v) is 8.82. The van der Waals surface area contributed by atoms with Gasteiger partial charge in [0.05, 0.1) is 8.07 Å². The van der Waals surface area contributed by atoms with Crippen LogP contribution in [0.3, 0.4) is 0 Å². The minimum absolute atomic E-state index is 1.07. The van der Waals surface area contributed by atoms with E-state index in [9.17, 15) is 0 Å². The van der Waals surface area contributed by atoms with Crippen molar-refractivity contribution >= 4 is 8.07 Å². The second-order valence-corrected chi connectivity index (χ2v) is 9.76. The Morgan fingerprint density at radius 2 is 1.92 bits per heavy atom. The summed E-state index contributed by atoms with van der Waals surface area (Å²) in [7, 11) is -1.07. The lowest BCUT2D eigenvalue weighted by Crippen LogP contribution is -2.23. The van der Waals surface area contributed by atoms with E-state index in [1.54, 1.807) is 5.20 Å². The molecule has 0 heterocycles. The van der Waals surface area contributed by atoms with E-state index in [1.165, 1.54) is 19.3 Å². The minimum Gasteiger partial charge on any atom is -0.103 e. The molecule has 1 heteroatoms. The van der Waals surface area contributed by atoms with Crippen molar-refractivity contribution in [3.63, 3.8) is 0 Å². The fourth-order valence-electron chi connectivity index (χ4n) is 1.33. The Bertz CT molecular complexity index is 172. The molecule has 13 heavy (non-hydrogen) atoms. The van der Waals surface area contributed by atoms with Gasteiger partial charge in [0.2, 0.25) is 0 Å². The van der Waals surface area contributed by atoms with Gasteiger partial charge < -0.3 is 0 Å². The molecule has 0 spiro atoms. The largest absolute Gasteiger partial charge is 0.103 e. The predicted octanol–water partition coefficient (Wildman–Crippen LogP) is 4.56. The van der Waals surface area contributed by atoms with Crippen LogP contribution in [0.1, 0.15) is 32.6 Å². The molecule has 0 amide bonds. The Morgan fingerprint density at radius 3 is 2.31 bits per heavy atom. The molecule has 0 N–H and O–H groups in total. The number of allylic oxidation sites excluding steroid dienone is 3. The molecule has 0 atom stereocenters. The topological polar surface area (TPSA) is 0 Å². The van der Waals surface area contributed by atoms with Gasteiger partial charge in [0, 0.05) is 0 Å². The maximum Gasteiger partial charge on any atom is 0.0724 e. The standard InChI is InChI=1S/C12H24Si/c1-6-8-9-11-12(10-7-2)13(3,4)5/h7,11H,2,6,8-10H2,1,3-5H3/b12-11-. The van der Waals surface area contributed by atoms with E-state index in [4.69, 9.17) is 0 Å². The maximum absolute atomic E-state index is 3.82. The zero-order valence-electron chi connectivity index (χ0n) is 9.69. The van der Waals surface area contributed by atoms with Crippen LogP contribution in [0, 0.1) is 0 Å². The molecule has 0 bridgehead atoms. The first-order valence-electron chi connectivity index (χ1n) is 5.32. The summed E-state index contributed by atoms with van der Waals surface area (Å²) in [5.74, 6) is 0.